The summed E-state index contributed by atoms with van der Waals surface area (Å²) >= 11 is 5.81. The van der Waals surface area contributed by atoms with E-state index in [1.54, 1.807) is 20.8 Å². The molecule has 0 saturated carbocycles. The highest BCUT2D eigenvalue weighted by Crippen LogP contribution is 2.37. The second-order valence-corrected chi connectivity index (χ2v) is 10.2. The molecule has 2 aromatic heterocycles. The first-order valence-corrected chi connectivity index (χ1v) is 11.8. The van der Waals surface area contributed by atoms with Crippen LogP contribution in [0, 0.1) is 5.82 Å². The van der Waals surface area contributed by atoms with Crippen LogP contribution in [0.2, 0.25) is 5.02 Å². The Kier molecular flexibility index (Phi) is 7.20. The SMILES string of the molecule is CC(C)(C)OC(=O)NC1=NC(C)(c2cc(NC(=O)c3ccc(Cl)cn3)ccc2F)Cn2c(C(F)F)cnc21. The average molecular weight is 549 g/mol. The fourth-order valence-electron chi connectivity index (χ4n) is 3.91. The number of fused-ring (bicyclic) bond motifs is 1. The number of halogens is 4. The molecular formula is C25H24ClF3N6O3. The van der Waals surface area contributed by atoms with Gasteiger partial charge in [-0.2, -0.15) is 0 Å². The molecule has 1 unspecified atom stereocenters. The molecule has 2 N–H and O–H groups in total. The number of hydrogen-bond donors (Lipinski definition) is 2. The number of imidazole rings is 1. The Morgan fingerprint density at radius 1 is 1.13 bits per heavy atom. The van der Waals surface area contributed by atoms with Crippen molar-refractivity contribution in [3.63, 3.8) is 0 Å². The summed E-state index contributed by atoms with van der Waals surface area (Å²) in [5.74, 6) is -1.46. The molecule has 0 saturated heterocycles. The summed E-state index contributed by atoms with van der Waals surface area (Å²) in [5, 5.41) is 5.43. The molecule has 13 heteroatoms. The van der Waals surface area contributed by atoms with Crippen LogP contribution in [-0.4, -0.2) is 38.0 Å². The molecule has 1 aromatic carbocycles. The number of alkyl carbamates (subject to hydrolysis) is 1. The Morgan fingerprint density at radius 2 is 1.87 bits per heavy atom. The monoisotopic (exact) mass is 548 g/mol. The van der Waals surface area contributed by atoms with Gasteiger partial charge in [-0.15, -0.1) is 0 Å². The fraction of sp³-hybridized carbons (Fsp3) is 0.320. The molecule has 0 fully saturated rings. The number of carbonyl (C=O) groups is 2. The highest BCUT2D eigenvalue weighted by Gasteiger charge is 2.39. The first kappa shape index (κ1) is 27.1. The van der Waals surface area contributed by atoms with Crippen LogP contribution >= 0.6 is 11.6 Å². The molecule has 38 heavy (non-hydrogen) atoms. The number of nitrogens with one attached hydrogen (secondary N) is 2. The van der Waals surface area contributed by atoms with Gasteiger partial charge >= 0.3 is 6.09 Å². The van der Waals surface area contributed by atoms with Crippen molar-refractivity contribution in [1.82, 2.24) is 19.9 Å². The minimum Gasteiger partial charge on any atom is -0.444 e. The molecule has 1 aliphatic heterocycles. The first-order chi connectivity index (χ1) is 17.8. The lowest BCUT2D eigenvalue weighted by molar-refractivity contribution is 0.0562. The van der Waals surface area contributed by atoms with Gasteiger partial charge in [-0.1, -0.05) is 11.6 Å². The smallest absolute Gasteiger partial charge is 0.413 e. The maximum absolute atomic E-state index is 15.2. The molecule has 4 rings (SSSR count). The van der Waals surface area contributed by atoms with Crippen molar-refractivity contribution in [2.45, 2.75) is 51.8 Å². The third kappa shape index (κ3) is 5.80. The number of hydrogen-bond acceptors (Lipinski definition) is 6. The van der Waals surface area contributed by atoms with Crippen LogP contribution in [0.4, 0.5) is 23.7 Å². The lowest BCUT2D eigenvalue weighted by atomic mass is 9.90. The number of amidine groups is 1. The number of pyridine rings is 1. The van der Waals surface area contributed by atoms with E-state index in [4.69, 9.17) is 16.3 Å². The molecule has 1 atom stereocenters. The van der Waals surface area contributed by atoms with E-state index in [0.717, 1.165) is 12.3 Å². The van der Waals surface area contributed by atoms with Crippen LogP contribution in [0.5, 0.6) is 0 Å². The molecule has 2 amide bonds. The standard InChI is InChI=1S/C25H24ClF3N6O3/c1-24(2,3)38-23(37)33-20-21-31-11-18(19(28)29)35(21)12-25(4,34-20)15-9-14(6-7-16(15)27)32-22(36)17-8-5-13(26)10-30-17/h5-11,19H,12H2,1-4H3,(H,32,36)(H,33,34,37). The van der Waals surface area contributed by atoms with E-state index in [1.165, 1.54) is 42.0 Å². The molecule has 1 aliphatic rings. The number of nitrogens with zero attached hydrogens (tertiary/aromatic N) is 4. The average Bonchev–Trinajstić information content (AvgIpc) is 3.23. The number of rotatable bonds is 4. The molecule has 3 heterocycles. The Morgan fingerprint density at radius 3 is 2.50 bits per heavy atom. The van der Waals surface area contributed by atoms with Crippen LogP contribution in [0.1, 0.15) is 61.7 Å². The third-order valence-electron chi connectivity index (χ3n) is 5.53. The van der Waals surface area contributed by atoms with Gasteiger partial charge < -0.3 is 14.6 Å². The quantitative estimate of drug-likeness (QED) is 0.450. The third-order valence-corrected chi connectivity index (χ3v) is 5.75. The van der Waals surface area contributed by atoms with Gasteiger partial charge in [0.25, 0.3) is 12.3 Å². The maximum atomic E-state index is 15.2. The van der Waals surface area contributed by atoms with Gasteiger partial charge in [-0.3, -0.25) is 15.1 Å². The number of ether oxygens (including phenoxy) is 1. The molecular weight excluding hydrogens is 525 g/mol. The topological polar surface area (TPSA) is 110 Å². The van der Waals surface area contributed by atoms with Crippen LogP contribution in [0.15, 0.2) is 47.7 Å². The van der Waals surface area contributed by atoms with Crippen molar-refractivity contribution in [1.29, 1.82) is 0 Å². The Hall–Kier alpha value is -3.93. The van der Waals surface area contributed by atoms with Gasteiger partial charge in [0.1, 0.15) is 28.3 Å². The zero-order valence-electron chi connectivity index (χ0n) is 20.9. The normalized spacial score (nSPS) is 17.0. The largest absolute Gasteiger partial charge is 0.444 e. The second kappa shape index (κ2) is 10.1. The summed E-state index contributed by atoms with van der Waals surface area (Å²) in [5.41, 5.74) is -2.47. The summed E-state index contributed by atoms with van der Waals surface area (Å²) in [7, 11) is 0. The Balaban J connectivity index is 1.72. The van der Waals surface area contributed by atoms with Gasteiger partial charge in [0, 0.05) is 17.4 Å². The van der Waals surface area contributed by atoms with Gasteiger partial charge in [-0.05, 0) is 58.0 Å². The molecule has 0 radical (unpaired) electrons. The number of carbonyl (C=O) groups excluding carboxylic acids is 2. The van der Waals surface area contributed by atoms with Gasteiger partial charge in [0.05, 0.1) is 17.8 Å². The van der Waals surface area contributed by atoms with Crippen LogP contribution in [0.3, 0.4) is 0 Å². The second-order valence-electron chi connectivity index (χ2n) is 9.77. The van der Waals surface area contributed by atoms with E-state index >= 15 is 4.39 Å². The molecule has 0 bridgehead atoms. The first-order valence-electron chi connectivity index (χ1n) is 11.4. The highest BCUT2D eigenvalue weighted by atomic mass is 35.5. The fourth-order valence-corrected chi connectivity index (χ4v) is 4.02. The van der Waals surface area contributed by atoms with Crippen molar-refractivity contribution in [3.05, 3.63) is 76.3 Å². The van der Waals surface area contributed by atoms with E-state index in [9.17, 15) is 18.4 Å². The number of aliphatic imine (C=N–C) groups is 1. The predicted molar refractivity (Wildman–Crippen MR) is 134 cm³/mol. The van der Waals surface area contributed by atoms with E-state index in [1.807, 2.05) is 0 Å². The van der Waals surface area contributed by atoms with Gasteiger partial charge in [0.2, 0.25) is 0 Å². The number of amides is 2. The van der Waals surface area contributed by atoms with Crippen LogP contribution in [-0.2, 0) is 16.8 Å². The van der Waals surface area contributed by atoms with Crippen LogP contribution < -0.4 is 10.6 Å². The minimum atomic E-state index is -2.89. The summed E-state index contributed by atoms with van der Waals surface area (Å²) in [4.78, 5) is 37.6. The van der Waals surface area contributed by atoms with Crippen molar-refractivity contribution < 1.29 is 27.5 Å². The molecule has 0 spiro atoms. The Labute approximate surface area is 221 Å². The van der Waals surface area contributed by atoms with Crippen molar-refractivity contribution in [2.75, 3.05) is 5.32 Å². The number of aromatic nitrogens is 3. The molecule has 0 aliphatic carbocycles. The van der Waals surface area contributed by atoms with Crippen molar-refractivity contribution >= 4 is 35.1 Å². The van der Waals surface area contributed by atoms with Gasteiger partial charge in [0.15, 0.2) is 11.7 Å². The maximum Gasteiger partial charge on any atom is 0.413 e. The summed E-state index contributed by atoms with van der Waals surface area (Å²) in [6.07, 6.45) is -1.48. The molecule has 3 aromatic rings. The summed E-state index contributed by atoms with van der Waals surface area (Å²) in [6, 6.07) is 6.74. The number of alkyl halides is 2. The van der Waals surface area contributed by atoms with E-state index in [-0.39, 0.29) is 35.1 Å². The zero-order valence-corrected chi connectivity index (χ0v) is 21.6. The summed E-state index contributed by atoms with van der Waals surface area (Å²) < 4.78 is 49.2. The lowest BCUT2D eigenvalue weighted by Gasteiger charge is -2.33. The lowest BCUT2D eigenvalue weighted by Crippen LogP contribution is -2.44. The molecule has 9 nitrogen and oxygen atoms in total. The number of anilines is 1. The number of benzene rings is 1. The van der Waals surface area contributed by atoms with Crippen LogP contribution in [0.25, 0.3) is 0 Å². The van der Waals surface area contributed by atoms with Gasteiger partial charge in [-0.25, -0.2) is 27.9 Å². The Bertz CT molecular complexity index is 1420. The van der Waals surface area contributed by atoms with E-state index in [2.05, 4.69) is 25.6 Å². The minimum absolute atomic E-state index is 0.0116. The van der Waals surface area contributed by atoms with Crippen molar-refractivity contribution in [3.8, 4) is 0 Å². The van der Waals surface area contributed by atoms with E-state index < -0.39 is 41.1 Å². The highest BCUT2D eigenvalue weighted by molar-refractivity contribution is 6.30. The van der Waals surface area contributed by atoms with E-state index in [0.29, 0.717) is 5.02 Å². The zero-order chi connectivity index (χ0) is 27.8. The predicted octanol–water partition coefficient (Wildman–Crippen LogP) is 5.46. The van der Waals surface area contributed by atoms with Crippen molar-refractivity contribution in [2.24, 2.45) is 4.99 Å². The molecule has 200 valence electrons. The summed E-state index contributed by atoms with van der Waals surface area (Å²) in [6.45, 7) is 6.28.